The molecule has 0 saturated carbocycles. The number of hydrogen-bond acceptors (Lipinski definition) is 4. The average Bonchev–Trinajstić information content (AvgIpc) is 2.93. The average molecular weight is 369 g/mol. The fraction of sp³-hybridized carbons (Fsp3) is 0.182. The predicted molar refractivity (Wildman–Crippen MR) is 75.7 cm³/mol. The van der Waals surface area contributed by atoms with Crippen molar-refractivity contribution >= 4 is 39.5 Å². The molecule has 0 aliphatic carbocycles. The van der Waals surface area contributed by atoms with Crippen LogP contribution < -0.4 is 5.56 Å². The normalized spacial score (nSPS) is 12.2. The van der Waals surface area contributed by atoms with Gasteiger partial charge in [-0.05, 0) is 0 Å². The number of rotatable bonds is 2. The number of thiazole rings is 1. The first-order valence-corrected chi connectivity index (χ1v) is 7.35. The zero-order chi connectivity index (χ0) is 16.1. The maximum Gasteiger partial charge on any atom is 0.433 e. The number of nitrogens with zero attached hydrogens (tertiary/aromatic N) is 4. The highest BCUT2D eigenvalue weighted by molar-refractivity contribution is 7.15. The van der Waals surface area contributed by atoms with Crippen molar-refractivity contribution in [2.24, 2.45) is 0 Å². The number of aromatic nitrogens is 4. The first-order valence-electron chi connectivity index (χ1n) is 5.72. The van der Waals surface area contributed by atoms with E-state index in [0.717, 1.165) is 27.9 Å². The molecule has 116 valence electrons. The monoisotopic (exact) mass is 368 g/mol. The third-order valence-corrected chi connectivity index (χ3v) is 4.19. The first-order chi connectivity index (χ1) is 10.3. The van der Waals surface area contributed by atoms with Gasteiger partial charge in [0, 0.05) is 17.5 Å². The van der Waals surface area contributed by atoms with Gasteiger partial charge in [0.05, 0.1) is 12.2 Å². The number of alkyl halides is 3. The first kappa shape index (κ1) is 15.3. The molecule has 0 atom stereocenters. The summed E-state index contributed by atoms with van der Waals surface area (Å²) < 4.78 is 40.5. The number of fused-ring (bicyclic) bond motifs is 1. The minimum Gasteiger partial charge on any atom is -0.269 e. The summed E-state index contributed by atoms with van der Waals surface area (Å²) >= 11 is 12.5. The van der Waals surface area contributed by atoms with Crippen molar-refractivity contribution in [1.82, 2.24) is 19.2 Å². The van der Waals surface area contributed by atoms with Gasteiger partial charge in [-0.1, -0.05) is 23.2 Å². The van der Waals surface area contributed by atoms with E-state index in [1.807, 2.05) is 0 Å². The second kappa shape index (κ2) is 5.25. The highest BCUT2D eigenvalue weighted by Gasteiger charge is 2.35. The molecule has 11 heteroatoms. The fourth-order valence-corrected chi connectivity index (χ4v) is 3.22. The lowest BCUT2D eigenvalue weighted by molar-refractivity contribution is -0.144. The Kier molecular flexibility index (Phi) is 3.66. The molecule has 0 unspecified atom stereocenters. The zero-order valence-electron chi connectivity index (χ0n) is 10.4. The summed E-state index contributed by atoms with van der Waals surface area (Å²) in [6.07, 6.45) is -4.61. The summed E-state index contributed by atoms with van der Waals surface area (Å²) in [6, 6.07) is 1.83. The molecule has 3 rings (SSSR count). The van der Waals surface area contributed by atoms with Gasteiger partial charge in [-0.2, -0.15) is 18.3 Å². The van der Waals surface area contributed by atoms with Crippen LogP contribution in [0.3, 0.4) is 0 Å². The van der Waals surface area contributed by atoms with Crippen molar-refractivity contribution in [2.75, 3.05) is 0 Å². The predicted octanol–water partition coefficient (Wildman–Crippen LogP) is 3.33. The third kappa shape index (κ3) is 2.71. The Morgan fingerprint density at radius 2 is 2.00 bits per heavy atom. The van der Waals surface area contributed by atoms with E-state index in [1.54, 1.807) is 0 Å². The topological polar surface area (TPSA) is 52.2 Å². The molecule has 0 aliphatic rings. The molecular formula is C11H5Cl2F3N4OS. The molecule has 0 spiro atoms. The molecule has 3 aromatic rings. The molecule has 0 aromatic carbocycles. The molecule has 3 aromatic heterocycles. The van der Waals surface area contributed by atoms with Gasteiger partial charge in [0.2, 0.25) is 0 Å². The molecular weight excluding hydrogens is 364 g/mol. The summed E-state index contributed by atoms with van der Waals surface area (Å²) in [4.78, 5) is 16.3. The molecule has 0 fully saturated rings. The van der Waals surface area contributed by atoms with Crippen LogP contribution in [-0.4, -0.2) is 19.2 Å². The summed E-state index contributed by atoms with van der Waals surface area (Å²) in [6.45, 7) is -0.331. The molecule has 0 bridgehead atoms. The lowest BCUT2D eigenvalue weighted by Gasteiger charge is -2.09. The van der Waals surface area contributed by atoms with E-state index in [1.165, 1.54) is 5.38 Å². The van der Waals surface area contributed by atoms with Crippen molar-refractivity contribution in [2.45, 2.75) is 12.7 Å². The van der Waals surface area contributed by atoms with Crippen molar-refractivity contribution in [3.63, 3.8) is 0 Å². The SMILES string of the molecule is O=c1cc(Cn2nc(Cl)cc2C(F)(F)F)nc2scc(Cl)n12. The van der Waals surface area contributed by atoms with Crippen LogP contribution in [0.1, 0.15) is 11.4 Å². The molecule has 5 nitrogen and oxygen atoms in total. The van der Waals surface area contributed by atoms with E-state index in [9.17, 15) is 18.0 Å². The van der Waals surface area contributed by atoms with E-state index in [2.05, 4.69) is 10.1 Å². The van der Waals surface area contributed by atoms with Crippen molar-refractivity contribution < 1.29 is 13.2 Å². The maximum atomic E-state index is 12.9. The Bertz CT molecular complexity index is 914. The minimum absolute atomic E-state index is 0.133. The Hall–Kier alpha value is -1.58. The second-order valence-corrected chi connectivity index (χ2v) is 5.88. The summed E-state index contributed by atoms with van der Waals surface area (Å²) in [5.74, 6) is 0. The standard InChI is InChI=1S/C11H5Cl2F3N4OS/c12-7-2-6(11(14,15)16)19(18-7)3-5-1-9(21)20-8(13)4-22-10(20)17-5/h1-2,4H,3H2. The largest absolute Gasteiger partial charge is 0.433 e. The van der Waals surface area contributed by atoms with Crippen LogP contribution in [0.2, 0.25) is 10.3 Å². The van der Waals surface area contributed by atoms with Gasteiger partial charge in [0.1, 0.15) is 10.8 Å². The Balaban J connectivity index is 2.06. The summed E-state index contributed by atoms with van der Waals surface area (Å²) in [7, 11) is 0. The molecule has 3 heterocycles. The third-order valence-electron chi connectivity index (χ3n) is 2.77. The van der Waals surface area contributed by atoms with Crippen LogP contribution in [0.15, 0.2) is 22.3 Å². The van der Waals surface area contributed by atoms with Gasteiger partial charge in [-0.15, -0.1) is 11.3 Å². The lowest BCUT2D eigenvalue weighted by Crippen LogP contribution is -2.19. The Labute approximate surface area is 134 Å². The van der Waals surface area contributed by atoms with Gasteiger partial charge in [0.15, 0.2) is 10.1 Å². The molecule has 0 N–H and O–H groups in total. The maximum absolute atomic E-state index is 12.9. The van der Waals surface area contributed by atoms with Crippen molar-refractivity contribution in [3.05, 3.63) is 49.6 Å². The smallest absolute Gasteiger partial charge is 0.269 e. The quantitative estimate of drug-likeness (QED) is 0.697. The fourth-order valence-electron chi connectivity index (χ4n) is 1.90. The Morgan fingerprint density at radius 1 is 1.27 bits per heavy atom. The zero-order valence-corrected chi connectivity index (χ0v) is 12.8. The van der Waals surface area contributed by atoms with Crippen molar-refractivity contribution in [1.29, 1.82) is 0 Å². The van der Waals surface area contributed by atoms with Gasteiger partial charge >= 0.3 is 6.18 Å². The molecule has 0 saturated heterocycles. The second-order valence-electron chi connectivity index (χ2n) is 4.27. The molecule has 0 aliphatic heterocycles. The van der Waals surface area contributed by atoms with Crippen LogP contribution in [0.25, 0.3) is 4.96 Å². The van der Waals surface area contributed by atoms with E-state index in [0.29, 0.717) is 9.64 Å². The van der Waals surface area contributed by atoms with E-state index >= 15 is 0 Å². The molecule has 22 heavy (non-hydrogen) atoms. The molecule has 0 radical (unpaired) electrons. The van der Waals surface area contributed by atoms with E-state index < -0.39 is 17.4 Å². The van der Waals surface area contributed by atoms with Gasteiger partial charge in [0.25, 0.3) is 5.56 Å². The lowest BCUT2D eigenvalue weighted by atomic mass is 10.3. The van der Waals surface area contributed by atoms with Crippen LogP contribution in [0, 0.1) is 0 Å². The van der Waals surface area contributed by atoms with Crippen molar-refractivity contribution in [3.8, 4) is 0 Å². The highest BCUT2D eigenvalue weighted by Crippen LogP contribution is 2.31. The van der Waals surface area contributed by atoms with Gasteiger partial charge in [-0.3, -0.25) is 9.48 Å². The van der Waals surface area contributed by atoms with Crippen LogP contribution >= 0.6 is 34.5 Å². The van der Waals surface area contributed by atoms with Gasteiger partial charge in [-0.25, -0.2) is 9.38 Å². The highest BCUT2D eigenvalue weighted by atomic mass is 35.5. The van der Waals surface area contributed by atoms with Crippen LogP contribution in [-0.2, 0) is 12.7 Å². The number of hydrogen-bond donors (Lipinski definition) is 0. The summed E-state index contributed by atoms with van der Waals surface area (Å²) in [5.41, 5.74) is -1.35. The minimum atomic E-state index is -4.61. The van der Waals surface area contributed by atoms with E-state index in [-0.39, 0.29) is 22.5 Å². The van der Waals surface area contributed by atoms with E-state index in [4.69, 9.17) is 23.2 Å². The Morgan fingerprint density at radius 3 is 2.68 bits per heavy atom. The van der Waals surface area contributed by atoms with Crippen LogP contribution in [0.4, 0.5) is 13.2 Å². The number of halogens is 5. The van der Waals surface area contributed by atoms with Gasteiger partial charge < -0.3 is 0 Å². The summed E-state index contributed by atoms with van der Waals surface area (Å²) in [5, 5.41) is 5.00. The van der Waals surface area contributed by atoms with Crippen LogP contribution in [0.5, 0.6) is 0 Å². The molecule has 0 amide bonds.